The highest BCUT2D eigenvalue weighted by atomic mass is 32.2. The Labute approximate surface area is 160 Å². The molecule has 3 aromatic rings. The van der Waals surface area contributed by atoms with Crippen molar-refractivity contribution in [3.8, 4) is 28.7 Å². The lowest BCUT2D eigenvalue weighted by Crippen LogP contribution is -2.02. The highest BCUT2D eigenvalue weighted by Crippen LogP contribution is 2.32. The van der Waals surface area contributed by atoms with Crippen molar-refractivity contribution in [2.24, 2.45) is 0 Å². The fourth-order valence-corrected chi connectivity index (χ4v) is 3.00. The van der Waals surface area contributed by atoms with Crippen LogP contribution in [0.4, 0.5) is 0 Å². The van der Waals surface area contributed by atoms with Gasteiger partial charge < -0.3 is 18.6 Å². The van der Waals surface area contributed by atoms with Gasteiger partial charge in [-0.1, -0.05) is 11.8 Å². The molecule has 0 amide bonds. The molecule has 2 aromatic carbocycles. The smallest absolute Gasteiger partial charge is 0.277 e. The van der Waals surface area contributed by atoms with Crippen LogP contribution in [0.5, 0.6) is 17.2 Å². The summed E-state index contributed by atoms with van der Waals surface area (Å²) in [7, 11) is 4.71. The monoisotopic (exact) mass is 386 g/mol. The normalized spacial score (nSPS) is 10.5. The minimum absolute atomic E-state index is 0.0338. The number of methoxy groups -OCH3 is 3. The first-order chi connectivity index (χ1) is 13.1. The summed E-state index contributed by atoms with van der Waals surface area (Å²) in [6, 6.07) is 12.3. The summed E-state index contributed by atoms with van der Waals surface area (Å²) in [6.45, 7) is 0. The van der Waals surface area contributed by atoms with Crippen molar-refractivity contribution >= 4 is 17.5 Å². The van der Waals surface area contributed by atoms with E-state index in [0.29, 0.717) is 39.5 Å². The Morgan fingerprint density at radius 3 is 2.37 bits per heavy atom. The molecule has 0 atom stereocenters. The molecule has 0 N–H and O–H groups in total. The van der Waals surface area contributed by atoms with Crippen molar-refractivity contribution in [1.82, 2.24) is 10.2 Å². The Morgan fingerprint density at radius 1 is 0.963 bits per heavy atom. The largest absolute Gasteiger partial charge is 0.497 e. The lowest BCUT2D eigenvalue weighted by molar-refractivity contribution is 0.102. The lowest BCUT2D eigenvalue weighted by Gasteiger charge is -2.07. The number of nitrogens with zero attached hydrogens (tertiary/aromatic N) is 2. The quantitative estimate of drug-likeness (QED) is 0.428. The van der Waals surface area contributed by atoms with Crippen LogP contribution in [0.1, 0.15) is 10.4 Å². The van der Waals surface area contributed by atoms with Gasteiger partial charge in [-0.15, -0.1) is 10.2 Å². The maximum Gasteiger partial charge on any atom is 0.277 e. The Balaban J connectivity index is 1.66. The van der Waals surface area contributed by atoms with Crippen LogP contribution in [0.3, 0.4) is 0 Å². The molecule has 0 aliphatic rings. The van der Waals surface area contributed by atoms with Crippen LogP contribution in [-0.2, 0) is 0 Å². The summed E-state index contributed by atoms with van der Waals surface area (Å²) in [5.74, 6) is 2.39. The van der Waals surface area contributed by atoms with Crippen LogP contribution in [0.2, 0.25) is 0 Å². The van der Waals surface area contributed by atoms with Crippen LogP contribution in [-0.4, -0.2) is 43.1 Å². The number of thioether (sulfide) groups is 1. The first-order valence-corrected chi connectivity index (χ1v) is 8.99. The van der Waals surface area contributed by atoms with Crippen LogP contribution >= 0.6 is 11.8 Å². The fraction of sp³-hybridized carbons (Fsp3) is 0.211. The zero-order chi connectivity index (χ0) is 19.2. The van der Waals surface area contributed by atoms with Crippen LogP contribution in [0.25, 0.3) is 11.5 Å². The molecule has 0 aliphatic heterocycles. The minimum atomic E-state index is -0.0338. The molecule has 0 unspecified atom stereocenters. The third kappa shape index (κ3) is 4.40. The van der Waals surface area contributed by atoms with Gasteiger partial charge in [0, 0.05) is 11.1 Å². The van der Waals surface area contributed by atoms with Crippen molar-refractivity contribution < 1.29 is 23.4 Å². The third-order valence-corrected chi connectivity index (χ3v) is 4.59. The number of Topliss-reactive ketones (excluding diaryl/α,β-unsaturated/α-hetero) is 1. The Kier molecular flexibility index (Phi) is 5.97. The number of benzene rings is 2. The molecular formula is C19H18N2O5S. The van der Waals surface area contributed by atoms with Crippen molar-refractivity contribution in [2.75, 3.05) is 27.1 Å². The van der Waals surface area contributed by atoms with E-state index in [1.807, 2.05) is 0 Å². The molecule has 0 spiro atoms. The van der Waals surface area contributed by atoms with E-state index >= 15 is 0 Å². The number of ketones is 1. The Bertz CT molecular complexity index is 924. The van der Waals surface area contributed by atoms with Crippen molar-refractivity contribution in [2.45, 2.75) is 5.22 Å². The summed E-state index contributed by atoms with van der Waals surface area (Å²) < 4.78 is 21.2. The molecule has 1 aromatic heterocycles. The second kappa shape index (κ2) is 8.59. The van der Waals surface area contributed by atoms with Crippen LogP contribution < -0.4 is 14.2 Å². The average molecular weight is 386 g/mol. The predicted molar refractivity (Wildman–Crippen MR) is 101 cm³/mol. The van der Waals surface area contributed by atoms with Crippen molar-refractivity contribution in [1.29, 1.82) is 0 Å². The number of hydrogen-bond donors (Lipinski definition) is 0. The molecular weight excluding hydrogens is 368 g/mol. The number of carbonyl (C=O) groups is 1. The molecule has 140 valence electrons. The number of carbonyl (C=O) groups excluding carboxylic acids is 1. The molecule has 1 heterocycles. The van der Waals surface area contributed by atoms with Gasteiger partial charge in [0.15, 0.2) is 17.3 Å². The van der Waals surface area contributed by atoms with E-state index in [9.17, 15) is 4.79 Å². The highest BCUT2D eigenvalue weighted by molar-refractivity contribution is 7.99. The van der Waals surface area contributed by atoms with Gasteiger partial charge in [-0.3, -0.25) is 4.79 Å². The summed E-state index contributed by atoms with van der Waals surface area (Å²) >= 11 is 1.19. The van der Waals surface area contributed by atoms with E-state index in [1.165, 1.54) is 11.8 Å². The van der Waals surface area contributed by atoms with E-state index in [2.05, 4.69) is 10.2 Å². The maximum absolute atomic E-state index is 12.3. The topological polar surface area (TPSA) is 83.7 Å². The molecule has 0 bridgehead atoms. The zero-order valence-electron chi connectivity index (χ0n) is 15.1. The molecule has 0 saturated carbocycles. The molecule has 3 rings (SSSR count). The SMILES string of the molecule is COc1ccc(C(=O)CSc2nnc(-c3ccc(OC)c(OC)c3)o2)cc1. The average Bonchev–Trinajstić information content (AvgIpc) is 3.20. The molecule has 8 heteroatoms. The van der Waals surface area contributed by atoms with Gasteiger partial charge in [-0.25, -0.2) is 0 Å². The van der Waals surface area contributed by atoms with E-state index in [0.717, 1.165) is 0 Å². The summed E-state index contributed by atoms with van der Waals surface area (Å²) in [5.41, 5.74) is 1.30. The third-order valence-electron chi connectivity index (χ3n) is 3.78. The number of aromatic nitrogens is 2. The van der Waals surface area contributed by atoms with Gasteiger partial charge >= 0.3 is 0 Å². The van der Waals surface area contributed by atoms with Crippen molar-refractivity contribution in [3.63, 3.8) is 0 Å². The molecule has 7 nitrogen and oxygen atoms in total. The zero-order valence-corrected chi connectivity index (χ0v) is 15.9. The van der Waals surface area contributed by atoms with Gasteiger partial charge in [0.1, 0.15) is 5.75 Å². The second-order valence-corrected chi connectivity index (χ2v) is 6.31. The minimum Gasteiger partial charge on any atom is -0.497 e. The number of ether oxygens (including phenoxy) is 3. The van der Waals surface area contributed by atoms with Crippen LogP contribution in [0.15, 0.2) is 52.1 Å². The van der Waals surface area contributed by atoms with E-state index in [4.69, 9.17) is 18.6 Å². The van der Waals surface area contributed by atoms with E-state index in [1.54, 1.807) is 63.8 Å². The fourth-order valence-electron chi connectivity index (χ4n) is 2.34. The second-order valence-electron chi connectivity index (χ2n) is 5.38. The van der Waals surface area contributed by atoms with Gasteiger partial charge in [0.05, 0.1) is 27.1 Å². The van der Waals surface area contributed by atoms with E-state index in [-0.39, 0.29) is 11.5 Å². The highest BCUT2D eigenvalue weighted by Gasteiger charge is 2.14. The maximum atomic E-state index is 12.3. The predicted octanol–water partition coefficient (Wildman–Crippen LogP) is 3.74. The van der Waals surface area contributed by atoms with E-state index < -0.39 is 0 Å². The summed E-state index contributed by atoms with van der Waals surface area (Å²) in [5, 5.41) is 8.34. The molecule has 0 fully saturated rings. The molecule has 27 heavy (non-hydrogen) atoms. The molecule has 0 saturated heterocycles. The Hall–Kier alpha value is -3.00. The van der Waals surface area contributed by atoms with Crippen molar-refractivity contribution in [3.05, 3.63) is 48.0 Å². The first kappa shape index (κ1) is 18.8. The molecule has 0 aliphatic carbocycles. The molecule has 0 radical (unpaired) electrons. The summed E-state index contributed by atoms with van der Waals surface area (Å²) in [4.78, 5) is 12.3. The number of rotatable bonds is 8. The van der Waals surface area contributed by atoms with Gasteiger partial charge in [-0.05, 0) is 42.5 Å². The first-order valence-electron chi connectivity index (χ1n) is 8.00. The summed E-state index contributed by atoms with van der Waals surface area (Å²) in [6.07, 6.45) is 0. The Morgan fingerprint density at radius 2 is 1.70 bits per heavy atom. The van der Waals surface area contributed by atoms with Crippen LogP contribution in [0, 0.1) is 0 Å². The lowest BCUT2D eigenvalue weighted by atomic mass is 10.1. The van der Waals surface area contributed by atoms with Gasteiger partial charge in [-0.2, -0.15) is 0 Å². The number of hydrogen-bond acceptors (Lipinski definition) is 8. The van der Waals surface area contributed by atoms with Gasteiger partial charge in [0.25, 0.3) is 5.22 Å². The standard InChI is InChI=1S/C19H18N2O5S/c1-23-14-7-4-12(5-8-14)15(22)11-27-19-21-20-18(26-19)13-6-9-16(24-2)17(10-13)25-3/h4-10H,11H2,1-3H3. The van der Waals surface area contributed by atoms with Gasteiger partial charge in [0.2, 0.25) is 5.89 Å².